The molecule has 228 valence electrons. The van der Waals surface area contributed by atoms with Crippen molar-refractivity contribution in [3.63, 3.8) is 0 Å². The molecule has 0 aliphatic rings. The molecule has 0 aliphatic heterocycles. The zero-order chi connectivity index (χ0) is 32.7. The molecule has 6 nitrogen and oxygen atoms in total. The maximum atomic E-state index is 4.97. The molecular formula is C40H38N6. The summed E-state index contributed by atoms with van der Waals surface area (Å²) in [6, 6.07) is 25.3. The second-order valence-electron chi connectivity index (χ2n) is 12.6. The van der Waals surface area contributed by atoms with Crippen molar-refractivity contribution in [1.29, 1.82) is 0 Å². The molecule has 0 saturated heterocycles. The van der Waals surface area contributed by atoms with Gasteiger partial charge in [0.05, 0.1) is 5.57 Å². The van der Waals surface area contributed by atoms with E-state index in [1.54, 1.807) is 0 Å². The van der Waals surface area contributed by atoms with E-state index in [1.165, 1.54) is 0 Å². The van der Waals surface area contributed by atoms with E-state index in [9.17, 15) is 0 Å². The Morgan fingerprint density at radius 2 is 0.522 bits per heavy atom. The number of rotatable bonds is 6. The molecule has 6 aromatic rings. The van der Waals surface area contributed by atoms with Gasteiger partial charge in [-0.3, -0.25) is 0 Å². The molecule has 6 rings (SSSR count). The fourth-order valence-electron chi connectivity index (χ4n) is 6.05. The largest absolute Gasteiger partial charge is 0.208 e. The molecule has 0 radical (unpaired) electrons. The molecule has 2 heterocycles. The second kappa shape index (κ2) is 12.2. The quantitative estimate of drug-likeness (QED) is 0.189. The third-order valence-corrected chi connectivity index (χ3v) is 7.73. The monoisotopic (exact) mass is 602 g/mol. The highest BCUT2D eigenvalue weighted by atomic mass is 15.1. The van der Waals surface area contributed by atoms with Crippen molar-refractivity contribution < 1.29 is 0 Å². The lowest BCUT2D eigenvalue weighted by Gasteiger charge is -2.13. The summed E-state index contributed by atoms with van der Waals surface area (Å²) in [5, 5.41) is 0. The van der Waals surface area contributed by atoms with Gasteiger partial charge in [-0.2, -0.15) is 0 Å². The maximum absolute atomic E-state index is 4.97. The SMILES string of the molecule is C=C(c1nc(-c2cc(C)cc(C)c2)nc(-c2cc(C)cc(C)c2)n1)c1nc(-c2cc(C)cc(C)c2)nc(-c2cc(C)cc(C)c2)n1. The van der Waals surface area contributed by atoms with E-state index in [1.807, 2.05) is 0 Å². The molecule has 6 heteroatoms. The minimum Gasteiger partial charge on any atom is -0.208 e. The zero-order valence-electron chi connectivity index (χ0n) is 27.8. The van der Waals surface area contributed by atoms with Gasteiger partial charge in [0, 0.05) is 22.3 Å². The Labute approximate surface area is 271 Å². The molecule has 0 amide bonds. The molecule has 0 unspecified atom stereocenters. The Hall–Kier alpha value is -5.36. The van der Waals surface area contributed by atoms with Crippen molar-refractivity contribution in [2.24, 2.45) is 0 Å². The summed E-state index contributed by atoms with van der Waals surface area (Å²) in [5.74, 6) is 3.13. The van der Waals surface area contributed by atoms with Crippen LogP contribution < -0.4 is 0 Å². The van der Waals surface area contributed by atoms with Crippen LogP contribution in [0.15, 0.2) is 79.4 Å². The number of nitrogens with zero attached hydrogens (tertiary/aromatic N) is 6. The summed E-state index contributed by atoms with van der Waals surface area (Å²) >= 11 is 0. The summed E-state index contributed by atoms with van der Waals surface area (Å²) in [4.78, 5) is 29.8. The first-order valence-corrected chi connectivity index (χ1v) is 15.5. The van der Waals surface area contributed by atoms with Crippen molar-refractivity contribution in [2.45, 2.75) is 55.4 Å². The van der Waals surface area contributed by atoms with E-state index in [2.05, 4.69) is 135 Å². The summed E-state index contributed by atoms with van der Waals surface area (Å²) in [7, 11) is 0. The van der Waals surface area contributed by atoms with Gasteiger partial charge in [0.25, 0.3) is 0 Å². The third-order valence-electron chi connectivity index (χ3n) is 7.73. The smallest absolute Gasteiger partial charge is 0.167 e. The number of benzene rings is 4. The van der Waals surface area contributed by atoms with E-state index in [0.29, 0.717) is 40.5 Å². The minimum absolute atomic E-state index is 0.419. The summed E-state index contributed by atoms with van der Waals surface area (Å²) in [6.45, 7) is 21.1. The van der Waals surface area contributed by atoms with Crippen LogP contribution in [-0.4, -0.2) is 29.9 Å². The van der Waals surface area contributed by atoms with E-state index in [4.69, 9.17) is 29.9 Å². The van der Waals surface area contributed by atoms with Crippen LogP contribution in [0.4, 0.5) is 0 Å². The number of aromatic nitrogens is 6. The maximum Gasteiger partial charge on any atom is 0.167 e. The molecule has 46 heavy (non-hydrogen) atoms. The minimum atomic E-state index is 0.419. The molecule has 4 aromatic carbocycles. The Morgan fingerprint density at radius 1 is 0.326 bits per heavy atom. The summed E-state index contributed by atoms with van der Waals surface area (Å²) in [6.07, 6.45) is 0. The first kappa shape index (κ1) is 30.7. The first-order valence-electron chi connectivity index (χ1n) is 15.5. The normalized spacial score (nSPS) is 11.1. The highest BCUT2D eigenvalue weighted by Crippen LogP contribution is 2.29. The van der Waals surface area contributed by atoms with E-state index in [0.717, 1.165) is 66.8 Å². The molecule has 0 N–H and O–H groups in total. The lowest BCUT2D eigenvalue weighted by Crippen LogP contribution is -2.08. The van der Waals surface area contributed by atoms with Crippen LogP contribution in [0.1, 0.15) is 56.2 Å². The van der Waals surface area contributed by atoms with Crippen LogP contribution in [-0.2, 0) is 0 Å². The fourth-order valence-corrected chi connectivity index (χ4v) is 6.05. The van der Waals surface area contributed by atoms with Gasteiger partial charge >= 0.3 is 0 Å². The Kier molecular flexibility index (Phi) is 8.13. The van der Waals surface area contributed by atoms with Crippen LogP contribution in [0.25, 0.3) is 51.1 Å². The highest BCUT2D eigenvalue weighted by Gasteiger charge is 2.19. The van der Waals surface area contributed by atoms with Gasteiger partial charge in [-0.25, -0.2) is 29.9 Å². The number of hydrogen-bond donors (Lipinski definition) is 0. The van der Waals surface area contributed by atoms with Crippen LogP contribution in [0, 0.1) is 55.4 Å². The Balaban J connectivity index is 1.57. The molecule has 2 aromatic heterocycles. The lowest BCUT2D eigenvalue weighted by molar-refractivity contribution is 0.996. The second-order valence-corrected chi connectivity index (χ2v) is 12.6. The van der Waals surface area contributed by atoms with Crippen molar-refractivity contribution in [1.82, 2.24) is 29.9 Å². The van der Waals surface area contributed by atoms with E-state index in [-0.39, 0.29) is 0 Å². The molecular weight excluding hydrogens is 564 g/mol. The fraction of sp³-hybridized carbons (Fsp3) is 0.200. The third kappa shape index (κ3) is 6.66. The molecule has 0 fully saturated rings. The predicted octanol–water partition coefficient (Wildman–Crippen LogP) is 9.25. The average molecular weight is 603 g/mol. The van der Waals surface area contributed by atoms with Crippen LogP contribution in [0.3, 0.4) is 0 Å². The number of aryl methyl sites for hydroxylation is 8. The van der Waals surface area contributed by atoms with Crippen LogP contribution in [0.2, 0.25) is 0 Å². The van der Waals surface area contributed by atoms with E-state index >= 15 is 0 Å². The van der Waals surface area contributed by atoms with Crippen molar-refractivity contribution in [2.75, 3.05) is 0 Å². The molecule has 0 atom stereocenters. The van der Waals surface area contributed by atoms with Crippen molar-refractivity contribution >= 4 is 5.57 Å². The van der Waals surface area contributed by atoms with Crippen molar-refractivity contribution in [3.8, 4) is 45.6 Å². The van der Waals surface area contributed by atoms with Crippen molar-refractivity contribution in [3.05, 3.63) is 136 Å². The summed E-state index contributed by atoms with van der Waals surface area (Å²) < 4.78 is 0. The number of hydrogen-bond acceptors (Lipinski definition) is 6. The van der Waals surface area contributed by atoms with Gasteiger partial charge in [-0.15, -0.1) is 0 Å². The van der Waals surface area contributed by atoms with Gasteiger partial charge in [0.15, 0.2) is 34.9 Å². The highest BCUT2D eigenvalue weighted by molar-refractivity contribution is 5.75. The zero-order valence-corrected chi connectivity index (χ0v) is 27.8. The van der Waals surface area contributed by atoms with Crippen LogP contribution in [0.5, 0.6) is 0 Å². The topological polar surface area (TPSA) is 77.3 Å². The average Bonchev–Trinajstić information content (AvgIpc) is 2.98. The Bertz CT molecular complexity index is 1790. The molecule has 0 saturated carbocycles. The van der Waals surface area contributed by atoms with Gasteiger partial charge in [-0.05, 0) is 104 Å². The van der Waals surface area contributed by atoms with Gasteiger partial charge < -0.3 is 0 Å². The van der Waals surface area contributed by atoms with Gasteiger partial charge in [-0.1, -0.05) is 75.4 Å². The van der Waals surface area contributed by atoms with E-state index < -0.39 is 0 Å². The van der Waals surface area contributed by atoms with Gasteiger partial charge in [0.1, 0.15) is 0 Å². The molecule has 0 bridgehead atoms. The first-order chi connectivity index (χ1) is 21.9. The van der Waals surface area contributed by atoms with Gasteiger partial charge in [0.2, 0.25) is 0 Å². The molecule has 0 aliphatic carbocycles. The molecule has 0 spiro atoms. The van der Waals surface area contributed by atoms with Crippen LogP contribution >= 0.6 is 0 Å². The summed E-state index contributed by atoms with van der Waals surface area (Å²) in [5.41, 5.74) is 13.3. The Morgan fingerprint density at radius 3 is 0.717 bits per heavy atom. The lowest BCUT2D eigenvalue weighted by atomic mass is 10.1. The predicted molar refractivity (Wildman–Crippen MR) is 187 cm³/mol. The standard InChI is InChI=1S/C40H38N6/c1-22-10-23(2)15-31(14-22)37-41-35(42-38(45-37)32-16-24(3)11-25(4)17-32)30(9)36-43-39(33-18-26(5)12-27(6)19-33)46-40(44-36)34-20-28(7)13-29(8)21-34/h10-21H,9H2,1-8H3.